The molecule has 174 valence electrons. The van der Waals surface area contributed by atoms with E-state index in [4.69, 9.17) is 14.0 Å². The van der Waals surface area contributed by atoms with Crippen molar-refractivity contribution in [1.82, 2.24) is 15.0 Å². The fourth-order valence-electron chi connectivity index (χ4n) is 4.07. The van der Waals surface area contributed by atoms with Crippen LogP contribution in [0.4, 0.5) is 0 Å². The lowest BCUT2D eigenvalue weighted by Gasteiger charge is -2.17. The number of ether oxygens (including phenoxy) is 2. The molecule has 2 aromatic carbocycles. The molecule has 7 heteroatoms. The summed E-state index contributed by atoms with van der Waals surface area (Å²) < 4.78 is 16.9. The van der Waals surface area contributed by atoms with Gasteiger partial charge in [-0.2, -0.15) is 4.98 Å². The van der Waals surface area contributed by atoms with E-state index < -0.39 is 0 Å². The van der Waals surface area contributed by atoms with Crippen LogP contribution in [0.1, 0.15) is 48.8 Å². The highest BCUT2D eigenvalue weighted by Crippen LogP contribution is 2.31. The SMILES string of the molecule is CCOc1ccc(CCN2CC(c3nc(-c4ccc(C)c(C)c4)no3)CC2=O)cc1OCC. The molecule has 0 aliphatic carbocycles. The van der Waals surface area contributed by atoms with Crippen LogP contribution >= 0.6 is 0 Å². The second kappa shape index (κ2) is 10.1. The monoisotopic (exact) mass is 449 g/mol. The number of benzene rings is 2. The molecule has 0 saturated carbocycles. The molecule has 1 amide bonds. The molecular formula is C26H31N3O4. The van der Waals surface area contributed by atoms with Crippen LogP contribution in [0.2, 0.25) is 0 Å². The van der Waals surface area contributed by atoms with Crippen LogP contribution in [0.15, 0.2) is 40.9 Å². The Bertz CT molecular complexity index is 1120. The van der Waals surface area contributed by atoms with Gasteiger partial charge >= 0.3 is 0 Å². The van der Waals surface area contributed by atoms with Gasteiger partial charge in [-0.15, -0.1) is 0 Å². The standard InChI is InChI=1S/C26H31N3O4/c1-5-31-22-10-8-19(14-23(22)32-6-2)11-12-29-16-21(15-24(29)30)26-27-25(28-33-26)20-9-7-17(3)18(4)13-20/h7-10,13-14,21H,5-6,11-12,15-16H2,1-4H3. The van der Waals surface area contributed by atoms with Gasteiger partial charge in [0, 0.05) is 25.1 Å². The first-order valence-corrected chi connectivity index (χ1v) is 11.6. The topological polar surface area (TPSA) is 77.7 Å². The molecule has 0 radical (unpaired) electrons. The molecule has 0 N–H and O–H groups in total. The largest absolute Gasteiger partial charge is 0.490 e. The Morgan fingerprint density at radius 1 is 1.03 bits per heavy atom. The minimum atomic E-state index is -0.0791. The third-order valence-corrected chi connectivity index (χ3v) is 6.05. The van der Waals surface area contributed by atoms with E-state index in [9.17, 15) is 4.79 Å². The van der Waals surface area contributed by atoms with Gasteiger partial charge in [-0.05, 0) is 69.0 Å². The molecule has 7 nitrogen and oxygen atoms in total. The number of hydrogen-bond donors (Lipinski definition) is 0. The van der Waals surface area contributed by atoms with Crippen LogP contribution in [-0.4, -0.2) is 47.3 Å². The van der Waals surface area contributed by atoms with E-state index in [0.717, 1.165) is 29.0 Å². The molecule has 1 unspecified atom stereocenters. The average molecular weight is 450 g/mol. The maximum absolute atomic E-state index is 12.6. The van der Waals surface area contributed by atoms with Crippen molar-refractivity contribution < 1.29 is 18.8 Å². The summed E-state index contributed by atoms with van der Waals surface area (Å²) in [4.78, 5) is 19.1. The highest BCUT2D eigenvalue weighted by Gasteiger charge is 2.34. The number of nitrogens with zero attached hydrogens (tertiary/aromatic N) is 3. The van der Waals surface area contributed by atoms with Gasteiger partial charge in [-0.3, -0.25) is 4.79 Å². The van der Waals surface area contributed by atoms with Crippen LogP contribution in [0, 0.1) is 13.8 Å². The van der Waals surface area contributed by atoms with E-state index in [1.165, 1.54) is 11.1 Å². The van der Waals surface area contributed by atoms with Gasteiger partial charge in [-0.1, -0.05) is 23.4 Å². The van der Waals surface area contributed by atoms with Gasteiger partial charge in [0.2, 0.25) is 17.6 Å². The number of aryl methyl sites for hydroxylation is 2. The fraction of sp³-hybridized carbons (Fsp3) is 0.423. The lowest BCUT2D eigenvalue weighted by molar-refractivity contribution is -0.127. The zero-order chi connectivity index (χ0) is 23.4. The summed E-state index contributed by atoms with van der Waals surface area (Å²) in [5, 5.41) is 4.15. The predicted octanol–water partition coefficient (Wildman–Crippen LogP) is 4.71. The Morgan fingerprint density at radius 2 is 1.82 bits per heavy atom. The minimum Gasteiger partial charge on any atom is -0.490 e. The fourth-order valence-corrected chi connectivity index (χ4v) is 4.07. The number of amides is 1. The number of carbonyl (C=O) groups is 1. The van der Waals surface area contributed by atoms with Gasteiger partial charge in [0.05, 0.1) is 19.1 Å². The molecular weight excluding hydrogens is 418 g/mol. The number of likely N-dealkylation sites (tertiary alicyclic amines) is 1. The third-order valence-electron chi connectivity index (χ3n) is 6.05. The molecule has 1 saturated heterocycles. The van der Waals surface area contributed by atoms with Crippen LogP contribution in [0.3, 0.4) is 0 Å². The van der Waals surface area contributed by atoms with Crippen molar-refractivity contribution in [2.45, 2.75) is 46.5 Å². The summed E-state index contributed by atoms with van der Waals surface area (Å²) in [6.45, 7) is 10.4. The van der Waals surface area contributed by atoms with Gasteiger partial charge in [0.1, 0.15) is 0 Å². The lowest BCUT2D eigenvalue weighted by Crippen LogP contribution is -2.27. The van der Waals surface area contributed by atoms with Gasteiger partial charge in [0.15, 0.2) is 11.5 Å². The smallest absolute Gasteiger partial charge is 0.232 e. The Morgan fingerprint density at radius 3 is 2.58 bits per heavy atom. The number of hydrogen-bond acceptors (Lipinski definition) is 6. The molecule has 1 aliphatic heterocycles. The molecule has 0 spiro atoms. The Labute approximate surface area is 194 Å². The van der Waals surface area contributed by atoms with E-state index in [-0.39, 0.29) is 11.8 Å². The van der Waals surface area contributed by atoms with Crippen molar-refractivity contribution in [3.05, 3.63) is 59.0 Å². The summed E-state index contributed by atoms with van der Waals surface area (Å²) >= 11 is 0. The van der Waals surface area contributed by atoms with Crippen molar-refractivity contribution in [3.8, 4) is 22.9 Å². The first-order chi connectivity index (χ1) is 16.0. The van der Waals surface area contributed by atoms with Gasteiger partial charge in [-0.25, -0.2) is 0 Å². The van der Waals surface area contributed by atoms with Crippen molar-refractivity contribution in [3.63, 3.8) is 0 Å². The van der Waals surface area contributed by atoms with Crippen molar-refractivity contribution >= 4 is 5.91 Å². The van der Waals surface area contributed by atoms with Crippen molar-refractivity contribution in [2.75, 3.05) is 26.3 Å². The Balaban J connectivity index is 1.39. The highest BCUT2D eigenvalue weighted by atomic mass is 16.5. The Hall–Kier alpha value is -3.35. The van der Waals surface area contributed by atoms with Crippen LogP contribution in [0.5, 0.6) is 11.5 Å². The summed E-state index contributed by atoms with van der Waals surface area (Å²) in [7, 11) is 0. The molecule has 1 aliphatic rings. The molecule has 1 aromatic heterocycles. The molecule has 4 rings (SSSR count). The predicted molar refractivity (Wildman–Crippen MR) is 126 cm³/mol. The summed E-state index contributed by atoms with van der Waals surface area (Å²) in [6, 6.07) is 12.1. The maximum atomic E-state index is 12.6. The second-order valence-electron chi connectivity index (χ2n) is 8.39. The Kier molecular flexibility index (Phi) is 6.96. The quantitative estimate of drug-likeness (QED) is 0.471. The molecule has 3 aromatic rings. The molecule has 2 heterocycles. The number of aromatic nitrogens is 2. The van der Waals surface area contributed by atoms with Crippen molar-refractivity contribution in [2.24, 2.45) is 0 Å². The lowest BCUT2D eigenvalue weighted by atomic mass is 10.1. The summed E-state index contributed by atoms with van der Waals surface area (Å²) in [6.07, 6.45) is 1.13. The zero-order valence-corrected chi connectivity index (χ0v) is 19.8. The second-order valence-corrected chi connectivity index (χ2v) is 8.39. The van der Waals surface area contributed by atoms with Gasteiger partial charge in [0.25, 0.3) is 0 Å². The molecule has 33 heavy (non-hydrogen) atoms. The first-order valence-electron chi connectivity index (χ1n) is 11.6. The minimum absolute atomic E-state index is 0.0791. The van der Waals surface area contributed by atoms with Crippen LogP contribution < -0.4 is 9.47 Å². The van der Waals surface area contributed by atoms with Crippen LogP contribution in [-0.2, 0) is 11.2 Å². The molecule has 1 atom stereocenters. The summed E-state index contributed by atoms with van der Waals surface area (Å²) in [5.74, 6) is 2.62. The van der Waals surface area contributed by atoms with Crippen molar-refractivity contribution in [1.29, 1.82) is 0 Å². The van der Waals surface area contributed by atoms with E-state index in [2.05, 4.69) is 36.1 Å². The normalized spacial score (nSPS) is 15.8. The average Bonchev–Trinajstić information content (AvgIpc) is 3.43. The van der Waals surface area contributed by atoms with E-state index in [1.54, 1.807) is 0 Å². The molecule has 0 bridgehead atoms. The van der Waals surface area contributed by atoms with Gasteiger partial charge < -0.3 is 18.9 Å². The zero-order valence-electron chi connectivity index (χ0n) is 19.8. The van der Waals surface area contributed by atoms with Crippen LogP contribution in [0.25, 0.3) is 11.4 Å². The van der Waals surface area contributed by atoms with E-state index in [1.807, 2.05) is 43.0 Å². The number of carbonyl (C=O) groups excluding carboxylic acids is 1. The van der Waals surface area contributed by atoms with E-state index >= 15 is 0 Å². The first kappa shape index (κ1) is 22.8. The maximum Gasteiger partial charge on any atom is 0.232 e. The molecule has 1 fully saturated rings. The highest BCUT2D eigenvalue weighted by molar-refractivity contribution is 5.79. The third kappa shape index (κ3) is 5.18. The van der Waals surface area contributed by atoms with E-state index in [0.29, 0.717) is 44.4 Å². The summed E-state index contributed by atoms with van der Waals surface area (Å²) in [5.41, 5.74) is 4.44. The number of rotatable bonds is 9.